The van der Waals surface area contributed by atoms with Gasteiger partial charge >= 0.3 is 0 Å². The number of benzene rings is 1. The number of nitrogens with two attached hydrogens (primary N) is 1. The number of carbonyl (C=O) groups excluding carboxylic acids is 1. The Morgan fingerprint density at radius 3 is 2.50 bits per heavy atom. The van der Waals surface area contributed by atoms with E-state index in [-0.39, 0.29) is 17.2 Å². The van der Waals surface area contributed by atoms with Gasteiger partial charge in [0.2, 0.25) is 0 Å². The summed E-state index contributed by atoms with van der Waals surface area (Å²) in [5, 5.41) is 22.5. The fraction of sp³-hybridized carbons (Fsp3) is 0.294. The molecule has 0 aliphatic heterocycles. The Morgan fingerprint density at radius 1 is 1.25 bits per heavy atom. The summed E-state index contributed by atoms with van der Waals surface area (Å²) in [4.78, 5) is 35.6. The second-order valence-electron chi connectivity index (χ2n) is 6.48. The molecule has 4 N–H and O–H groups in total. The number of fused-ring (bicyclic) bond motifs is 1. The van der Waals surface area contributed by atoms with E-state index in [9.17, 15) is 19.5 Å². The normalized spacial score (nSPS) is 22.0. The first kappa shape index (κ1) is 15.9. The van der Waals surface area contributed by atoms with E-state index in [1.165, 1.54) is 18.2 Å². The largest absolute Gasteiger partial charge is 0.394 e. The van der Waals surface area contributed by atoms with Crippen molar-refractivity contribution in [3.05, 3.63) is 55.3 Å². The lowest BCUT2D eigenvalue weighted by Crippen LogP contribution is -2.49. The second kappa shape index (κ2) is 5.01. The summed E-state index contributed by atoms with van der Waals surface area (Å²) < 4.78 is 0. The van der Waals surface area contributed by atoms with E-state index in [2.05, 4.69) is 5.32 Å². The third-order valence-electron chi connectivity index (χ3n) is 4.65. The molecule has 0 amide bonds. The molecule has 0 spiro atoms. The van der Waals surface area contributed by atoms with Gasteiger partial charge in [-0.15, -0.1) is 0 Å². The molecule has 7 nitrogen and oxygen atoms in total. The van der Waals surface area contributed by atoms with Crippen LogP contribution in [-0.2, 0) is 0 Å². The summed E-state index contributed by atoms with van der Waals surface area (Å²) >= 11 is 0. The van der Waals surface area contributed by atoms with Gasteiger partial charge in [-0.05, 0) is 37.6 Å². The van der Waals surface area contributed by atoms with E-state index in [1.54, 1.807) is 13.8 Å². The molecule has 0 aromatic heterocycles. The monoisotopic (exact) mass is 325 g/mol. The van der Waals surface area contributed by atoms with Gasteiger partial charge < -0.3 is 16.2 Å². The van der Waals surface area contributed by atoms with Gasteiger partial charge in [-0.2, -0.15) is 5.26 Å². The minimum absolute atomic E-state index is 0.0671. The Bertz CT molecular complexity index is 977. The molecule has 0 fully saturated rings. The molecule has 0 saturated heterocycles. The van der Waals surface area contributed by atoms with Crippen molar-refractivity contribution in [1.82, 2.24) is 0 Å². The molecule has 1 aliphatic carbocycles. The van der Waals surface area contributed by atoms with Crippen LogP contribution in [0, 0.1) is 16.7 Å². The van der Waals surface area contributed by atoms with Crippen LogP contribution in [0.3, 0.4) is 0 Å². The van der Waals surface area contributed by atoms with Crippen LogP contribution >= 0.6 is 0 Å². The van der Waals surface area contributed by atoms with Crippen molar-refractivity contribution in [3.8, 4) is 6.07 Å². The quantitative estimate of drug-likeness (QED) is 0.683. The minimum atomic E-state index is -1.17. The zero-order valence-corrected chi connectivity index (χ0v) is 13.1. The third kappa shape index (κ3) is 1.97. The number of hydrogen-bond donors (Lipinski definition) is 3. The molecule has 0 radical (unpaired) electrons. The number of ketones is 1. The maximum absolute atomic E-state index is 12.6. The number of anilines is 2. The molecule has 122 valence electrons. The summed E-state index contributed by atoms with van der Waals surface area (Å²) in [6.07, 6.45) is -1.17. The lowest BCUT2D eigenvalue weighted by Gasteiger charge is -2.41. The highest BCUT2D eigenvalue weighted by Crippen LogP contribution is 2.42. The number of rotatable bonds is 2. The van der Waals surface area contributed by atoms with Crippen LogP contribution in [0.1, 0.15) is 41.4 Å². The van der Waals surface area contributed by atoms with Gasteiger partial charge in [-0.3, -0.25) is 14.4 Å². The lowest BCUT2D eigenvalue weighted by atomic mass is 9.68. The van der Waals surface area contributed by atoms with Gasteiger partial charge in [-0.25, -0.2) is 0 Å². The number of nitrogen functional groups attached to an aromatic ring is 1. The minimum Gasteiger partial charge on any atom is -0.394 e. The Kier molecular flexibility index (Phi) is 3.32. The fourth-order valence-electron chi connectivity index (χ4n) is 3.03. The molecule has 24 heavy (non-hydrogen) atoms. The number of carbonyl (C=O) groups is 1. The third-order valence-corrected chi connectivity index (χ3v) is 4.65. The van der Waals surface area contributed by atoms with E-state index in [4.69, 9.17) is 11.0 Å². The highest BCUT2D eigenvalue weighted by Gasteiger charge is 2.47. The number of aliphatic hydroxyl groups excluding tert-OH is 1. The maximum atomic E-state index is 12.6. The number of Topliss-reactive ketones (excluding diaryl/α,β-unsaturated/α-hetero) is 1. The molecule has 2 aromatic carbocycles. The van der Waals surface area contributed by atoms with E-state index in [1.807, 2.05) is 6.07 Å². The van der Waals surface area contributed by atoms with Gasteiger partial charge in [-0.1, -0.05) is 0 Å². The topological polar surface area (TPSA) is 133 Å². The van der Waals surface area contributed by atoms with Crippen molar-refractivity contribution < 1.29 is 9.90 Å². The number of nitrogens with one attached hydrogen (secondary N) is 1. The molecule has 1 aliphatic rings. The molecular weight excluding hydrogens is 310 g/mol. The van der Waals surface area contributed by atoms with Crippen LogP contribution < -0.4 is 21.9 Å². The summed E-state index contributed by atoms with van der Waals surface area (Å²) in [6.45, 7) is 3.20. The summed E-state index contributed by atoms with van der Waals surface area (Å²) in [6, 6.07) is 5.68. The van der Waals surface area contributed by atoms with Crippen LogP contribution in [0.25, 0.3) is 0 Å². The van der Waals surface area contributed by atoms with Gasteiger partial charge in [0.25, 0.3) is 10.9 Å². The summed E-state index contributed by atoms with van der Waals surface area (Å²) in [7, 11) is 0. The van der Waals surface area contributed by atoms with Crippen LogP contribution in [-0.4, -0.2) is 17.0 Å². The Labute approximate surface area is 137 Å². The number of aliphatic hydroxyl groups is 1. The van der Waals surface area contributed by atoms with Crippen molar-refractivity contribution in [1.29, 1.82) is 5.26 Å². The van der Waals surface area contributed by atoms with E-state index < -0.39 is 28.4 Å². The Hall–Kier alpha value is -2.98. The van der Waals surface area contributed by atoms with Crippen LogP contribution in [0.5, 0.6) is 0 Å². The molecular formula is C17H15N3O4. The lowest BCUT2D eigenvalue weighted by molar-refractivity contribution is 0.0245. The maximum Gasteiger partial charge on any atom is 0.253 e. The molecule has 2 atom stereocenters. The van der Waals surface area contributed by atoms with Crippen LogP contribution in [0.15, 0.2) is 27.8 Å². The smallest absolute Gasteiger partial charge is 0.253 e. The zero-order valence-electron chi connectivity index (χ0n) is 13.1. The van der Waals surface area contributed by atoms with Crippen molar-refractivity contribution in [3.63, 3.8) is 0 Å². The first-order valence-corrected chi connectivity index (χ1v) is 7.32. The molecule has 3 rings (SSSR count). The average Bonchev–Trinajstić information content (AvgIpc) is 2.59. The first-order chi connectivity index (χ1) is 11.2. The van der Waals surface area contributed by atoms with Crippen molar-refractivity contribution in [2.45, 2.75) is 26.0 Å². The van der Waals surface area contributed by atoms with Crippen molar-refractivity contribution in [2.75, 3.05) is 11.1 Å². The molecule has 0 saturated carbocycles. The summed E-state index contributed by atoms with van der Waals surface area (Å²) in [5.41, 5.74) is 3.72. The second-order valence-corrected chi connectivity index (χ2v) is 6.48. The Balaban J connectivity index is 2.16. The van der Waals surface area contributed by atoms with E-state index in [0.29, 0.717) is 16.7 Å². The average molecular weight is 325 g/mol. The van der Waals surface area contributed by atoms with Gasteiger partial charge in [0.15, 0.2) is 5.78 Å². The SMILES string of the molecule is CC1(C)C(=O)c2ccc(C#N)cc2C(Nc2c(N)c(=O)c2=O)C1O. The first-order valence-electron chi connectivity index (χ1n) is 7.32. The van der Waals surface area contributed by atoms with Crippen LogP contribution in [0.4, 0.5) is 11.4 Å². The predicted molar refractivity (Wildman–Crippen MR) is 87.4 cm³/mol. The van der Waals surface area contributed by atoms with Crippen LogP contribution in [0.2, 0.25) is 0 Å². The van der Waals surface area contributed by atoms with E-state index >= 15 is 0 Å². The summed E-state index contributed by atoms with van der Waals surface area (Å²) in [5.74, 6) is -0.259. The fourth-order valence-corrected chi connectivity index (χ4v) is 3.03. The predicted octanol–water partition coefficient (Wildman–Crippen LogP) is 0.473. The highest BCUT2D eigenvalue weighted by atomic mass is 16.3. The zero-order chi connectivity index (χ0) is 17.8. The number of nitrogens with zero attached hydrogens (tertiary/aromatic N) is 1. The van der Waals surface area contributed by atoms with Gasteiger partial charge in [0.1, 0.15) is 11.4 Å². The molecule has 7 heteroatoms. The Morgan fingerprint density at radius 2 is 1.92 bits per heavy atom. The van der Waals surface area contributed by atoms with Crippen molar-refractivity contribution in [2.24, 2.45) is 5.41 Å². The molecule has 0 heterocycles. The van der Waals surface area contributed by atoms with Crippen molar-refractivity contribution >= 4 is 17.2 Å². The van der Waals surface area contributed by atoms with E-state index in [0.717, 1.165) is 0 Å². The van der Waals surface area contributed by atoms with Gasteiger partial charge in [0, 0.05) is 5.56 Å². The standard InChI is InChI=1S/C17H15N3O4/c1-17(2)15(23)8-4-3-7(6-18)5-9(8)11(16(17)24)20-12-10(19)13(21)14(12)22/h3-5,11,16,20,24H,19H2,1-2H3. The molecule has 2 unspecified atom stereocenters. The molecule has 0 bridgehead atoms. The molecule has 2 aromatic rings. The van der Waals surface area contributed by atoms with Gasteiger partial charge in [0.05, 0.1) is 29.2 Å². The number of hydrogen-bond acceptors (Lipinski definition) is 7. The highest BCUT2D eigenvalue weighted by molar-refractivity contribution is 6.03. The number of nitriles is 1.